The van der Waals surface area contributed by atoms with E-state index in [1.54, 1.807) is 18.2 Å². The molecular weight excluding hydrogens is 236 g/mol. The van der Waals surface area contributed by atoms with Gasteiger partial charge >= 0.3 is 5.97 Å². The van der Waals surface area contributed by atoms with Crippen molar-refractivity contribution in [3.63, 3.8) is 0 Å². The molecule has 0 radical (unpaired) electrons. The van der Waals surface area contributed by atoms with Crippen molar-refractivity contribution in [1.82, 2.24) is 0 Å². The first-order chi connectivity index (χ1) is 8.59. The number of ketones is 1. The highest BCUT2D eigenvalue weighted by atomic mass is 16.6. The molecule has 1 N–H and O–H groups in total. The highest BCUT2D eigenvalue weighted by molar-refractivity contribution is 6.19. The van der Waals surface area contributed by atoms with Crippen LogP contribution in [0.25, 0.3) is 6.08 Å². The predicted octanol–water partition coefficient (Wildman–Crippen LogP) is 1.51. The molecule has 0 unspecified atom stereocenters. The van der Waals surface area contributed by atoms with Crippen LogP contribution in [0.1, 0.15) is 12.5 Å². The Balaban J connectivity index is 2.48. The summed E-state index contributed by atoms with van der Waals surface area (Å²) < 4.78 is 10.8. The molecule has 0 amide bonds. The molecule has 0 saturated carbocycles. The van der Waals surface area contributed by atoms with Gasteiger partial charge in [-0.15, -0.1) is 0 Å². The molecule has 2 rings (SSSR count). The molecule has 1 aliphatic heterocycles. The van der Waals surface area contributed by atoms with Gasteiger partial charge < -0.3 is 14.6 Å². The van der Waals surface area contributed by atoms with Crippen molar-refractivity contribution in [2.45, 2.75) is 6.92 Å². The third-order valence-electron chi connectivity index (χ3n) is 2.51. The number of aliphatic carboxylic acids is 1. The lowest BCUT2D eigenvalue weighted by molar-refractivity contribution is -0.134. The fourth-order valence-corrected chi connectivity index (χ4v) is 1.68. The minimum Gasteiger partial charge on any atom is -0.486 e. The maximum Gasteiger partial charge on any atom is 0.339 e. The first-order valence-electron chi connectivity index (χ1n) is 5.44. The molecule has 0 atom stereocenters. The van der Waals surface area contributed by atoms with Gasteiger partial charge in [0.25, 0.3) is 0 Å². The van der Waals surface area contributed by atoms with Crippen LogP contribution in [0.4, 0.5) is 0 Å². The number of fused-ring (bicyclic) bond motifs is 1. The zero-order chi connectivity index (χ0) is 13.1. The molecule has 94 valence electrons. The summed E-state index contributed by atoms with van der Waals surface area (Å²) in [5.41, 5.74) is 0.248. The Kier molecular flexibility index (Phi) is 3.32. The number of carboxylic acid groups (broad SMARTS) is 1. The third kappa shape index (κ3) is 2.34. The lowest BCUT2D eigenvalue weighted by atomic mass is 10.1. The van der Waals surface area contributed by atoms with Crippen molar-refractivity contribution >= 4 is 17.8 Å². The van der Waals surface area contributed by atoms with Crippen LogP contribution in [0.3, 0.4) is 0 Å². The number of hydrogen-bond acceptors (Lipinski definition) is 4. The van der Waals surface area contributed by atoms with Crippen molar-refractivity contribution in [3.05, 3.63) is 29.3 Å². The average molecular weight is 248 g/mol. The minimum atomic E-state index is -1.25. The zero-order valence-corrected chi connectivity index (χ0v) is 9.80. The van der Waals surface area contributed by atoms with Gasteiger partial charge in [0.1, 0.15) is 18.8 Å². The van der Waals surface area contributed by atoms with E-state index in [1.165, 1.54) is 13.0 Å². The van der Waals surface area contributed by atoms with Gasteiger partial charge in [-0.2, -0.15) is 0 Å². The number of carbonyl (C=O) groups excluding carboxylic acids is 1. The summed E-state index contributed by atoms with van der Waals surface area (Å²) in [4.78, 5) is 22.2. The lowest BCUT2D eigenvalue weighted by Gasteiger charge is -2.19. The van der Waals surface area contributed by atoms with Crippen molar-refractivity contribution in [2.24, 2.45) is 0 Å². The maximum absolute atomic E-state index is 11.2. The van der Waals surface area contributed by atoms with E-state index in [2.05, 4.69) is 0 Å². The Bertz CT molecular complexity index is 514. The number of benzene rings is 1. The van der Waals surface area contributed by atoms with Crippen LogP contribution in [0.15, 0.2) is 23.8 Å². The average Bonchev–Trinajstić information content (AvgIpc) is 2.35. The van der Waals surface area contributed by atoms with Gasteiger partial charge in [0.05, 0.1) is 0 Å². The molecule has 1 aliphatic rings. The first-order valence-corrected chi connectivity index (χ1v) is 5.44. The summed E-state index contributed by atoms with van der Waals surface area (Å²) >= 11 is 0. The molecule has 0 spiro atoms. The second kappa shape index (κ2) is 4.91. The van der Waals surface area contributed by atoms with Gasteiger partial charge in [0.2, 0.25) is 0 Å². The maximum atomic E-state index is 11.2. The quantitative estimate of drug-likeness (QED) is 0.498. The molecule has 1 aromatic rings. The highest BCUT2D eigenvalue weighted by Crippen LogP contribution is 2.34. The number of Topliss-reactive ketones (excluding diaryl/α,β-unsaturated/α-hetero) is 1. The number of hydrogen-bond donors (Lipinski definition) is 1. The normalized spacial score (nSPS) is 14.2. The first kappa shape index (κ1) is 12.2. The number of para-hydroxylation sites is 1. The summed E-state index contributed by atoms with van der Waals surface area (Å²) in [6.07, 6.45) is 1.30. The fourth-order valence-electron chi connectivity index (χ4n) is 1.68. The van der Waals surface area contributed by atoms with Crippen molar-refractivity contribution in [2.75, 3.05) is 13.2 Å². The number of carbonyl (C=O) groups is 2. The van der Waals surface area contributed by atoms with E-state index in [-0.39, 0.29) is 5.57 Å². The fraction of sp³-hybridized carbons (Fsp3) is 0.231. The Labute approximate surface area is 104 Å². The topological polar surface area (TPSA) is 72.8 Å². The van der Waals surface area contributed by atoms with E-state index < -0.39 is 11.8 Å². The largest absolute Gasteiger partial charge is 0.486 e. The summed E-state index contributed by atoms with van der Waals surface area (Å²) in [7, 11) is 0. The summed E-state index contributed by atoms with van der Waals surface area (Å²) in [6, 6.07) is 5.14. The molecule has 5 nitrogen and oxygen atoms in total. The second-order valence-electron chi connectivity index (χ2n) is 3.79. The molecule has 5 heteroatoms. The monoisotopic (exact) mass is 248 g/mol. The molecule has 1 heterocycles. The van der Waals surface area contributed by atoms with Crippen molar-refractivity contribution < 1.29 is 24.2 Å². The lowest BCUT2D eigenvalue weighted by Crippen LogP contribution is -2.16. The standard InChI is InChI=1S/C13H12O5/c1-8(14)10(13(15)16)7-9-3-2-4-11-12(9)18-6-5-17-11/h2-4,7H,5-6H2,1H3,(H,15,16). The summed E-state index contributed by atoms with van der Waals surface area (Å²) in [5.74, 6) is -0.722. The van der Waals surface area contributed by atoms with E-state index in [0.29, 0.717) is 30.3 Å². The van der Waals surface area contributed by atoms with E-state index in [9.17, 15) is 9.59 Å². The summed E-state index contributed by atoms with van der Waals surface area (Å²) in [5, 5.41) is 8.95. The third-order valence-corrected chi connectivity index (χ3v) is 2.51. The van der Waals surface area contributed by atoms with E-state index in [0.717, 1.165) is 0 Å². The number of ether oxygens (including phenoxy) is 2. The van der Waals surface area contributed by atoms with Gasteiger partial charge in [-0.05, 0) is 19.1 Å². The SMILES string of the molecule is CC(=O)C(=Cc1cccc2c1OCCO2)C(=O)O. The Morgan fingerprint density at radius 3 is 2.67 bits per heavy atom. The highest BCUT2D eigenvalue weighted by Gasteiger charge is 2.18. The Morgan fingerprint density at radius 1 is 1.28 bits per heavy atom. The van der Waals surface area contributed by atoms with Crippen LogP contribution in [-0.2, 0) is 9.59 Å². The predicted molar refractivity (Wildman–Crippen MR) is 63.7 cm³/mol. The van der Waals surface area contributed by atoms with E-state index in [1.807, 2.05) is 0 Å². The van der Waals surface area contributed by atoms with Crippen LogP contribution >= 0.6 is 0 Å². The van der Waals surface area contributed by atoms with Crippen LogP contribution < -0.4 is 9.47 Å². The molecule has 0 aliphatic carbocycles. The zero-order valence-electron chi connectivity index (χ0n) is 9.80. The second-order valence-corrected chi connectivity index (χ2v) is 3.79. The van der Waals surface area contributed by atoms with E-state index in [4.69, 9.17) is 14.6 Å². The van der Waals surface area contributed by atoms with E-state index >= 15 is 0 Å². The molecule has 1 aromatic carbocycles. The molecule has 0 bridgehead atoms. The number of carboxylic acids is 1. The van der Waals surface area contributed by atoms with Crippen LogP contribution in [0.5, 0.6) is 11.5 Å². The van der Waals surface area contributed by atoms with Crippen LogP contribution in [0, 0.1) is 0 Å². The van der Waals surface area contributed by atoms with Gasteiger partial charge in [0, 0.05) is 5.56 Å². The van der Waals surface area contributed by atoms with Gasteiger partial charge in [0.15, 0.2) is 17.3 Å². The minimum absolute atomic E-state index is 0.280. The Morgan fingerprint density at radius 2 is 2.00 bits per heavy atom. The molecule has 0 aromatic heterocycles. The smallest absolute Gasteiger partial charge is 0.339 e. The number of rotatable bonds is 3. The van der Waals surface area contributed by atoms with Crippen LogP contribution in [-0.4, -0.2) is 30.1 Å². The van der Waals surface area contributed by atoms with Crippen molar-refractivity contribution in [3.8, 4) is 11.5 Å². The molecule has 0 fully saturated rings. The summed E-state index contributed by atoms with van der Waals surface area (Å²) in [6.45, 7) is 2.08. The molecule has 18 heavy (non-hydrogen) atoms. The molecular formula is C13H12O5. The molecule has 0 saturated heterocycles. The van der Waals surface area contributed by atoms with Gasteiger partial charge in [-0.3, -0.25) is 4.79 Å². The van der Waals surface area contributed by atoms with Crippen molar-refractivity contribution in [1.29, 1.82) is 0 Å². The van der Waals surface area contributed by atoms with Gasteiger partial charge in [-0.25, -0.2) is 4.79 Å². The Hall–Kier alpha value is -2.30. The van der Waals surface area contributed by atoms with Gasteiger partial charge in [-0.1, -0.05) is 12.1 Å². The van der Waals surface area contributed by atoms with Crippen LogP contribution in [0.2, 0.25) is 0 Å².